The van der Waals surface area contributed by atoms with Gasteiger partial charge in [-0.05, 0) is 33.4 Å². The molecule has 1 saturated heterocycles. The molecule has 1 aliphatic heterocycles. The number of ether oxygens (including phenoxy) is 1. The Morgan fingerprint density at radius 1 is 1.53 bits per heavy atom. The molecule has 88 valence electrons. The molecule has 0 spiro atoms. The number of carbonyl (C=O) groups excluding carboxylic acids is 1. The highest BCUT2D eigenvalue weighted by atomic mass is 16.5. The van der Waals surface area contributed by atoms with Gasteiger partial charge in [0.15, 0.2) is 0 Å². The number of nitrogens with one attached hydrogen (secondary N) is 1. The molecule has 0 saturated carbocycles. The van der Waals surface area contributed by atoms with Crippen molar-refractivity contribution in [2.24, 2.45) is 0 Å². The zero-order valence-corrected chi connectivity index (χ0v) is 9.79. The van der Waals surface area contributed by atoms with E-state index in [1.165, 1.54) is 25.8 Å². The van der Waals surface area contributed by atoms with Crippen LogP contribution in [0.25, 0.3) is 0 Å². The Bertz CT molecular complexity index is 197. The van der Waals surface area contributed by atoms with Crippen LogP contribution in [0.4, 0.5) is 0 Å². The Labute approximate surface area is 92.0 Å². The van der Waals surface area contributed by atoms with E-state index >= 15 is 0 Å². The highest BCUT2D eigenvalue weighted by Gasteiger charge is 2.18. The first-order valence-electron chi connectivity index (χ1n) is 5.80. The maximum Gasteiger partial charge on any atom is 0.319 e. The van der Waals surface area contributed by atoms with Crippen LogP contribution in [0.1, 0.15) is 26.2 Å². The highest BCUT2D eigenvalue weighted by Crippen LogP contribution is 2.13. The molecule has 0 aromatic carbocycles. The first-order valence-corrected chi connectivity index (χ1v) is 5.80. The predicted octanol–water partition coefficient (Wildman–Crippen LogP) is 0.623. The number of hydrogen-bond acceptors (Lipinski definition) is 4. The van der Waals surface area contributed by atoms with Gasteiger partial charge >= 0.3 is 5.97 Å². The predicted molar refractivity (Wildman–Crippen MR) is 59.8 cm³/mol. The van der Waals surface area contributed by atoms with Crippen LogP contribution in [0, 0.1) is 0 Å². The fraction of sp³-hybridized carbons (Fsp3) is 0.909. The summed E-state index contributed by atoms with van der Waals surface area (Å²) in [6.45, 7) is 4.68. The Morgan fingerprint density at radius 2 is 2.33 bits per heavy atom. The van der Waals surface area contributed by atoms with Crippen LogP contribution in [0.5, 0.6) is 0 Å². The van der Waals surface area contributed by atoms with E-state index in [1.54, 1.807) is 0 Å². The van der Waals surface area contributed by atoms with Crippen LogP contribution < -0.4 is 5.32 Å². The normalized spacial score (nSPS) is 22.7. The van der Waals surface area contributed by atoms with Gasteiger partial charge in [0.25, 0.3) is 0 Å². The smallest absolute Gasteiger partial charge is 0.319 e. The SMILES string of the molecule is CCOC(=O)CNCC1CCCCN1C. The monoisotopic (exact) mass is 214 g/mol. The molecule has 1 atom stereocenters. The summed E-state index contributed by atoms with van der Waals surface area (Å²) < 4.78 is 4.84. The van der Waals surface area contributed by atoms with Gasteiger partial charge < -0.3 is 15.0 Å². The summed E-state index contributed by atoms with van der Waals surface area (Å²) in [6, 6.07) is 0.577. The quantitative estimate of drug-likeness (QED) is 0.681. The molecule has 4 heteroatoms. The topological polar surface area (TPSA) is 41.6 Å². The van der Waals surface area contributed by atoms with E-state index in [-0.39, 0.29) is 5.97 Å². The van der Waals surface area contributed by atoms with Gasteiger partial charge in [0.2, 0.25) is 0 Å². The van der Waals surface area contributed by atoms with E-state index in [2.05, 4.69) is 17.3 Å². The number of esters is 1. The molecular formula is C11H22N2O2. The van der Waals surface area contributed by atoms with E-state index in [0.29, 0.717) is 19.2 Å². The fourth-order valence-electron chi connectivity index (χ4n) is 1.95. The van der Waals surface area contributed by atoms with Gasteiger partial charge in [-0.1, -0.05) is 6.42 Å². The Morgan fingerprint density at radius 3 is 3.00 bits per heavy atom. The number of likely N-dealkylation sites (N-methyl/N-ethyl adjacent to an activating group) is 1. The van der Waals surface area contributed by atoms with Crippen molar-refractivity contribution in [3.8, 4) is 0 Å². The zero-order chi connectivity index (χ0) is 11.1. The summed E-state index contributed by atoms with van der Waals surface area (Å²) in [7, 11) is 2.15. The summed E-state index contributed by atoms with van der Waals surface area (Å²) in [6.07, 6.45) is 3.83. The van der Waals surface area contributed by atoms with E-state index in [9.17, 15) is 4.79 Å². The van der Waals surface area contributed by atoms with Gasteiger partial charge in [0.1, 0.15) is 0 Å². The van der Waals surface area contributed by atoms with Crippen LogP contribution in [-0.4, -0.2) is 50.2 Å². The lowest BCUT2D eigenvalue weighted by Gasteiger charge is -2.32. The lowest BCUT2D eigenvalue weighted by molar-refractivity contribution is -0.142. The Balaban J connectivity index is 2.10. The zero-order valence-electron chi connectivity index (χ0n) is 9.79. The van der Waals surface area contributed by atoms with Crippen LogP contribution in [0.15, 0.2) is 0 Å². The molecule has 0 aromatic rings. The third-order valence-electron chi connectivity index (χ3n) is 2.88. The minimum absolute atomic E-state index is 0.157. The maximum absolute atomic E-state index is 11.1. The summed E-state index contributed by atoms with van der Waals surface area (Å²) in [4.78, 5) is 13.4. The van der Waals surface area contributed by atoms with Gasteiger partial charge in [-0.3, -0.25) is 4.79 Å². The van der Waals surface area contributed by atoms with Crippen LogP contribution in [0.3, 0.4) is 0 Å². The molecule has 1 unspecified atom stereocenters. The van der Waals surface area contributed by atoms with Crippen molar-refractivity contribution in [2.75, 3.05) is 33.3 Å². The number of likely N-dealkylation sites (tertiary alicyclic amines) is 1. The van der Waals surface area contributed by atoms with Gasteiger partial charge in [-0.2, -0.15) is 0 Å². The van der Waals surface area contributed by atoms with Crippen LogP contribution in [0.2, 0.25) is 0 Å². The molecule has 0 amide bonds. The van der Waals surface area contributed by atoms with Gasteiger partial charge in [0.05, 0.1) is 13.2 Å². The van der Waals surface area contributed by atoms with Crippen molar-refractivity contribution in [3.63, 3.8) is 0 Å². The molecule has 0 aromatic heterocycles. The van der Waals surface area contributed by atoms with E-state index < -0.39 is 0 Å². The number of carbonyl (C=O) groups is 1. The minimum Gasteiger partial charge on any atom is -0.465 e. The molecule has 4 nitrogen and oxygen atoms in total. The first-order chi connectivity index (χ1) is 7.24. The van der Waals surface area contributed by atoms with Crippen molar-refractivity contribution < 1.29 is 9.53 Å². The van der Waals surface area contributed by atoms with Crippen molar-refractivity contribution in [2.45, 2.75) is 32.2 Å². The minimum atomic E-state index is -0.157. The van der Waals surface area contributed by atoms with Crippen LogP contribution >= 0.6 is 0 Å². The maximum atomic E-state index is 11.1. The standard InChI is InChI=1S/C11H22N2O2/c1-3-15-11(14)9-12-8-10-6-4-5-7-13(10)2/h10,12H,3-9H2,1-2H3. The van der Waals surface area contributed by atoms with E-state index in [1.807, 2.05) is 6.92 Å². The largest absolute Gasteiger partial charge is 0.465 e. The third-order valence-corrected chi connectivity index (χ3v) is 2.88. The second-order valence-corrected chi connectivity index (χ2v) is 4.07. The average Bonchev–Trinajstić information content (AvgIpc) is 2.21. The van der Waals surface area contributed by atoms with Crippen molar-refractivity contribution >= 4 is 5.97 Å². The molecule has 1 aliphatic rings. The first kappa shape index (κ1) is 12.5. The Kier molecular flexibility index (Phi) is 5.65. The molecule has 0 aliphatic carbocycles. The average molecular weight is 214 g/mol. The molecule has 1 fully saturated rings. The lowest BCUT2D eigenvalue weighted by Crippen LogP contribution is -2.44. The molecule has 1 heterocycles. The molecule has 0 bridgehead atoms. The molecule has 0 radical (unpaired) electrons. The second kappa shape index (κ2) is 6.80. The number of nitrogens with zero attached hydrogens (tertiary/aromatic N) is 1. The Hall–Kier alpha value is -0.610. The van der Waals surface area contributed by atoms with Gasteiger partial charge in [-0.25, -0.2) is 0 Å². The number of rotatable bonds is 5. The van der Waals surface area contributed by atoms with Gasteiger partial charge in [-0.15, -0.1) is 0 Å². The molecule has 1 N–H and O–H groups in total. The lowest BCUT2D eigenvalue weighted by atomic mass is 10.0. The summed E-state index contributed by atoms with van der Waals surface area (Å²) in [5.74, 6) is -0.157. The summed E-state index contributed by atoms with van der Waals surface area (Å²) >= 11 is 0. The third kappa shape index (κ3) is 4.62. The van der Waals surface area contributed by atoms with Gasteiger partial charge in [0, 0.05) is 12.6 Å². The van der Waals surface area contributed by atoms with Crippen molar-refractivity contribution in [1.82, 2.24) is 10.2 Å². The van der Waals surface area contributed by atoms with E-state index in [4.69, 9.17) is 4.74 Å². The van der Waals surface area contributed by atoms with Crippen molar-refractivity contribution in [1.29, 1.82) is 0 Å². The summed E-state index contributed by atoms with van der Waals surface area (Å²) in [5.41, 5.74) is 0. The summed E-state index contributed by atoms with van der Waals surface area (Å²) in [5, 5.41) is 3.15. The molecule has 1 rings (SSSR count). The van der Waals surface area contributed by atoms with E-state index in [0.717, 1.165) is 6.54 Å². The molecule has 15 heavy (non-hydrogen) atoms. The number of hydrogen-bond donors (Lipinski definition) is 1. The van der Waals surface area contributed by atoms with Crippen molar-refractivity contribution in [3.05, 3.63) is 0 Å². The second-order valence-electron chi connectivity index (χ2n) is 4.07. The highest BCUT2D eigenvalue weighted by molar-refractivity contribution is 5.71. The molecular weight excluding hydrogens is 192 g/mol. The number of piperidine rings is 1. The van der Waals surface area contributed by atoms with Crippen LogP contribution in [-0.2, 0) is 9.53 Å². The fourth-order valence-corrected chi connectivity index (χ4v) is 1.95.